The quantitative estimate of drug-likeness (QED) is 0.727. The fourth-order valence-electron chi connectivity index (χ4n) is 2.47. The molecule has 0 saturated carbocycles. The average molecular weight is 318 g/mol. The van der Waals surface area contributed by atoms with Crippen LogP contribution in [0.2, 0.25) is 0 Å². The number of anilines is 1. The Morgan fingerprint density at radius 2 is 1.83 bits per heavy atom. The number of nitrogens with two attached hydrogens (primary N) is 1. The summed E-state index contributed by atoms with van der Waals surface area (Å²) in [6, 6.07) is 6.82. The van der Waals surface area contributed by atoms with Crippen molar-refractivity contribution in [2.75, 3.05) is 31.5 Å². The van der Waals surface area contributed by atoms with Gasteiger partial charge in [0.05, 0.1) is 13.1 Å². The third-order valence-electron chi connectivity index (χ3n) is 3.67. The first-order chi connectivity index (χ1) is 11.1. The van der Waals surface area contributed by atoms with E-state index in [9.17, 15) is 14.4 Å². The van der Waals surface area contributed by atoms with Crippen LogP contribution in [-0.4, -0.2) is 48.8 Å². The van der Waals surface area contributed by atoms with E-state index in [1.807, 2.05) is 4.90 Å². The van der Waals surface area contributed by atoms with Crippen LogP contribution in [0.25, 0.3) is 0 Å². The predicted octanol–water partition coefficient (Wildman–Crippen LogP) is 0.326. The minimum Gasteiger partial charge on any atom is -0.346 e. The number of amides is 3. The highest BCUT2D eigenvalue weighted by atomic mass is 16.2. The molecule has 1 aliphatic heterocycles. The maximum Gasteiger partial charge on any atom is 0.253 e. The van der Waals surface area contributed by atoms with Crippen molar-refractivity contribution in [1.29, 1.82) is 0 Å². The van der Waals surface area contributed by atoms with Gasteiger partial charge < -0.3 is 21.3 Å². The van der Waals surface area contributed by atoms with E-state index >= 15 is 0 Å². The molecule has 7 heteroatoms. The lowest BCUT2D eigenvalue weighted by Crippen LogP contribution is -2.36. The smallest absolute Gasteiger partial charge is 0.253 e. The lowest BCUT2D eigenvalue weighted by Gasteiger charge is -2.26. The monoisotopic (exact) mass is 318 g/mol. The van der Waals surface area contributed by atoms with Gasteiger partial charge in [0.1, 0.15) is 0 Å². The standard InChI is InChI=1S/C16H22N4O3/c17-10-14(21)18-11-15(22)19-13-6-4-5-12(9-13)16(23)20-7-2-1-3-8-20/h4-6,9H,1-3,7-8,10-11,17H2,(H,18,21)(H,19,22). The highest BCUT2D eigenvalue weighted by Crippen LogP contribution is 2.16. The molecule has 0 atom stereocenters. The molecule has 7 nitrogen and oxygen atoms in total. The Kier molecular flexibility index (Phi) is 6.10. The third kappa shape index (κ3) is 5.07. The Morgan fingerprint density at radius 1 is 1.09 bits per heavy atom. The minimum atomic E-state index is -0.394. The maximum absolute atomic E-state index is 12.4. The number of hydrogen-bond acceptors (Lipinski definition) is 4. The zero-order chi connectivity index (χ0) is 16.7. The van der Waals surface area contributed by atoms with Gasteiger partial charge in [-0.3, -0.25) is 14.4 Å². The summed E-state index contributed by atoms with van der Waals surface area (Å²) >= 11 is 0. The van der Waals surface area contributed by atoms with Crippen LogP contribution >= 0.6 is 0 Å². The Morgan fingerprint density at radius 3 is 2.52 bits per heavy atom. The van der Waals surface area contributed by atoms with E-state index in [1.165, 1.54) is 0 Å². The third-order valence-corrected chi connectivity index (χ3v) is 3.67. The van der Waals surface area contributed by atoms with Crippen molar-refractivity contribution in [3.63, 3.8) is 0 Å². The molecule has 0 aliphatic carbocycles. The number of piperidine rings is 1. The van der Waals surface area contributed by atoms with Gasteiger partial charge in [-0.25, -0.2) is 0 Å². The van der Waals surface area contributed by atoms with E-state index in [1.54, 1.807) is 24.3 Å². The van der Waals surface area contributed by atoms with Crippen molar-refractivity contribution < 1.29 is 14.4 Å². The van der Waals surface area contributed by atoms with Crippen molar-refractivity contribution in [3.05, 3.63) is 29.8 Å². The molecule has 2 rings (SSSR count). The summed E-state index contributed by atoms with van der Waals surface area (Å²) < 4.78 is 0. The number of likely N-dealkylation sites (tertiary alicyclic amines) is 1. The van der Waals surface area contributed by atoms with Gasteiger partial charge in [0.2, 0.25) is 11.8 Å². The van der Waals surface area contributed by atoms with Gasteiger partial charge in [-0.05, 0) is 37.5 Å². The van der Waals surface area contributed by atoms with Crippen LogP contribution in [0.4, 0.5) is 5.69 Å². The first-order valence-corrected chi connectivity index (χ1v) is 7.76. The highest BCUT2D eigenvalue weighted by Gasteiger charge is 2.18. The zero-order valence-electron chi connectivity index (χ0n) is 13.0. The van der Waals surface area contributed by atoms with Gasteiger partial charge in [0, 0.05) is 24.3 Å². The van der Waals surface area contributed by atoms with Crippen LogP contribution in [0.1, 0.15) is 29.6 Å². The lowest BCUT2D eigenvalue weighted by atomic mass is 10.1. The van der Waals surface area contributed by atoms with Crippen LogP contribution in [-0.2, 0) is 9.59 Å². The number of benzene rings is 1. The Labute approximate surface area is 135 Å². The molecule has 124 valence electrons. The van der Waals surface area contributed by atoms with E-state index in [2.05, 4.69) is 10.6 Å². The second kappa shape index (κ2) is 8.28. The fraction of sp³-hybridized carbons (Fsp3) is 0.438. The van der Waals surface area contributed by atoms with Crippen molar-refractivity contribution in [1.82, 2.24) is 10.2 Å². The summed E-state index contributed by atoms with van der Waals surface area (Å²) in [7, 11) is 0. The van der Waals surface area contributed by atoms with Gasteiger partial charge in [0.15, 0.2) is 0 Å². The molecule has 23 heavy (non-hydrogen) atoms. The Balaban J connectivity index is 1.95. The van der Waals surface area contributed by atoms with E-state index in [0.717, 1.165) is 32.4 Å². The normalized spacial score (nSPS) is 14.2. The van der Waals surface area contributed by atoms with Crippen LogP contribution < -0.4 is 16.4 Å². The second-order valence-electron chi connectivity index (χ2n) is 5.46. The molecule has 1 heterocycles. The number of nitrogens with one attached hydrogen (secondary N) is 2. The second-order valence-corrected chi connectivity index (χ2v) is 5.46. The van der Waals surface area contributed by atoms with Gasteiger partial charge in [0.25, 0.3) is 5.91 Å². The number of rotatable bonds is 5. The van der Waals surface area contributed by atoms with Crippen molar-refractivity contribution >= 4 is 23.4 Å². The number of carbonyl (C=O) groups is 3. The van der Waals surface area contributed by atoms with Crippen LogP contribution in [0, 0.1) is 0 Å². The van der Waals surface area contributed by atoms with Crippen LogP contribution in [0.3, 0.4) is 0 Å². The molecular formula is C16H22N4O3. The molecule has 0 unspecified atom stereocenters. The molecule has 1 aromatic rings. The predicted molar refractivity (Wildman–Crippen MR) is 86.9 cm³/mol. The highest BCUT2D eigenvalue weighted by molar-refractivity contribution is 5.98. The average Bonchev–Trinajstić information content (AvgIpc) is 2.60. The summed E-state index contributed by atoms with van der Waals surface area (Å²) in [5, 5.41) is 5.04. The molecule has 0 aromatic heterocycles. The lowest BCUT2D eigenvalue weighted by molar-refractivity contribution is -0.123. The minimum absolute atomic E-state index is 0.0165. The first-order valence-electron chi connectivity index (χ1n) is 7.76. The molecular weight excluding hydrogens is 296 g/mol. The molecule has 1 aliphatic rings. The fourth-order valence-corrected chi connectivity index (χ4v) is 2.47. The van der Waals surface area contributed by atoms with E-state index in [0.29, 0.717) is 11.3 Å². The van der Waals surface area contributed by atoms with Crippen molar-refractivity contribution in [2.24, 2.45) is 5.73 Å². The number of hydrogen-bond donors (Lipinski definition) is 3. The molecule has 4 N–H and O–H groups in total. The summed E-state index contributed by atoms with van der Waals surface area (Å²) in [6.07, 6.45) is 3.22. The molecule has 0 bridgehead atoms. The summed E-state index contributed by atoms with van der Waals surface area (Å²) in [6.45, 7) is 1.24. The summed E-state index contributed by atoms with van der Waals surface area (Å²) in [4.78, 5) is 37.0. The first kappa shape index (κ1) is 17.0. The topological polar surface area (TPSA) is 105 Å². The zero-order valence-corrected chi connectivity index (χ0v) is 13.0. The molecule has 1 aromatic carbocycles. The summed E-state index contributed by atoms with van der Waals surface area (Å²) in [5.41, 5.74) is 6.23. The molecule has 0 radical (unpaired) electrons. The van der Waals surface area contributed by atoms with E-state index in [-0.39, 0.29) is 24.9 Å². The van der Waals surface area contributed by atoms with Gasteiger partial charge in [-0.2, -0.15) is 0 Å². The SMILES string of the molecule is NCC(=O)NCC(=O)Nc1cccc(C(=O)N2CCCCC2)c1. The summed E-state index contributed by atoms with van der Waals surface area (Å²) in [5.74, 6) is -0.777. The Bertz CT molecular complexity index is 582. The largest absolute Gasteiger partial charge is 0.346 e. The van der Waals surface area contributed by atoms with E-state index < -0.39 is 5.91 Å². The molecule has 3 amide bonds. The maximum atomic E-state index is 12.4. The Hall–Kier alpha value is -2.41. The van der Waals surface area contributed by atoms with Gasteiger partial charge in [-0.15, -0.1) is 0 Å². The number of nitrogens with zero attached hydrogens (tertiary/aromatic N) is 1. The van der Waals surface area contributed by atoms with Crippen LogP contribution in [0.5, 0.6) is 0 Å². The van der Waals surface area contributed by atoms with E-state index in [4.69, 9.17) is 5.73 Å². The number of carbonyl (C=O) groups excluding carboxylic acids is 3. The van der Waals surface area contributed by atoms with Crippen LogP contribution in [0.15, 0.2) is 24.3 Å². The van der Waals surface area contributed by atoms with Gasteiger partial charge >= 0.3 is 0 Å². The molecule has 1 fully saturated rings. The van der Waals surface area contributed by atoms with Crippen molar-refractivity contribution in [2.45, 2.75) is 19.3 Å². The van der Waals surface area contributed by atoms with Crippen molar-refractivity contribution in [3.8, 4) is 0 Å². The molecule has 1 saturated heterocycles. The molecule has 0 spiro atoms. The van der Waals surface area contributed by atoms with Gasteiger partial charge in [-0.1, -0.05) is 6.07 Å².